The van der Waals surface area contributed by atoms with Crippen molar-refractivity contribution in [2.75, 3.05) is 0 Å². The second kappa shape index (κ2) is 12.7. The van der Waals surface area contributed by atoms with Gasteiger partial charge >= 0.3 is 0 Å². The highest BCUT2D eigenvalue weighted by molar-refractivity contribution is 6.30. The van der Waals surface area contributed by atoms with Crippen molar-refractivity contribution in [2.24, 2.45) is 0 Å². The first-order valence-corrected chi connectivity index (χ1v) is 13.0. The van der Waals surface area contributed by atoms with Crippen molar-refractivity contribution >= 4 is 23.4 Å². The van der Waals surface area contributed by atoms with E-state index in [1.54, 1.807) is 23.1 Å². The molecule has 36 heavy (non-hydrogen) atoms. The number of carbonyl (C=O) groups excluding carboxylic acids is 2. The van der Waals surface area contributed by atoms with Gasteiger partial charge in [-0.05, 0) is 53.8 Å². The van der Waals surface area contributed by atoms with Gasteiger partial charge in [0.25, 0.3) is 0 Å². The summed E-state index contributed by atoms with van der Waals surface area (Å²) >= 11 is 6.23. The van der Waals surface area contributed by atoms with Crippen LogP contribution < -0.4 is 5.32 Å². The number of benzene rings is 3. The number of amides is 2. The van der Waals surface area contributed by atoms with Gasteiger partial charge in [0.1, 0.15) is 11.9 Å². The Labute approximate surface area is 217 Å². The first kappa shape index (κ1) is 25.9. The van der Waals surface area contributed by atoms with Crippen LogP contribution >= 0.6 is 11.6 Å². The highest BCUT2D eigenvalue weighted by Gasteiger charge is 2.32. The van der Waals surface area contributed by atoms with E-state index in [4.69, 9.17) is 11.6 Å². The van der Waals surface area contributed by atoms with Gasteiger partial charge in [0, 0.05) is 24.0 Å². The van der Waals surface area contributed by atoms with E-state index in [0.717, 1.165) is 36.8 Å². The molecular weight excluding hydrogens is 475 g/mol. The zero-order valence-corrected chi connectivity index (χ0v) is 21.1. The van der Waals surface area contributed by atoms with Gasteiger partial charge in [0.05, 0.1) is 6.42 Å². The zero-order valence-electron chi connectivity index (χ0n) is 20.3. The van der Waals surface area contributed by atoms with Crippen LogP contribution in [-0.2, 0) is 29.0 Å². The van der Waals surface area contributed by atoms with Crippen LogP contribution in [0.1, 0.15) is 48.8 Å². The van der Waals surface area contributed by atoms with E-state index in [9.17, 15) is 14.0 Å². The lowest BCUT2D eigenvalue weighted by atomic mass is 9.94. The second-order valence-corrected chi connectivity index (χ2v) is 9.94. The Kier molecular flexibility index (Phi) is 9.12. The molecule has 0 spiro atoms. The smallest absolute Gasteiger partial charge is 0.243 e. The quantitative estimate of drug-likeness (QED) is 0.380. The van der Waals surface area contributed by atoms with Gasteiger partial charge in [-0.3, -0.25) is 9.59 Å². The average Bonchev–Trinajstić information content (AvgIpc) is 2.88. The summed E-state index contributed by atoms with van der Waals surface area (Å²) in [5.41, 5.74) is 2.52. The molecule has 1 fully saturated rings. The van der Waals surface area contributed by atoms with Crippen LogP contribution in [0.25, 0.3) is 0 Å². The van der Waals surface area contributed by atoms with Crippen LogP contribution in [0.2, 0.25) is 5.02 Å². The maximum atomic E-state index is 13.7. The molecule has 6 heteroatoms. The molecule has 188 valence electrons. The first-order valence-electron chi connectivity index (χ1n) is 12.6. The summed E-state index contributed by atoms with van der Waals surface area (Å²) in [7, 11) is 0. The van der Waals surface area contributed by atoms with Gasteiger partial charge in [-0.15, -0.1) is 0 Å². The fourth-order valence-electron chi connectivity index (χ4n) is 4.81. The molecule has 0 unspecified atom stereocenters. The Morgan fingerprint density at radius 3 is 2.28 bits per heavy atom. The third-order valence-electron chi connectivity index (χ3n) is 6.73. The van der Waals surface area contributed by atoms with Crippen molar-refractivity contribution in [1.82, 2.24) is 10.2 Å². The Balaban J connectivity index is 1.65. The minimum Gasteiger partial charge on any atom is -0.352 e. The van der Waals surface area contributed by atoms with Crippen LogP contribution in [0.4, 0.5) is 4.39 Å². The molecule has 0 radical (unpaired) electrons. The number of rotatable bonds is 9. The van der Waals surface area contributed by atoms with E-state index >= 15 is 0 Å². The third-order valence-corrected chi connectivity index (χ3v) is 6.97. The van der Waals surface area contributed by atoms with Crippen LogP contribution in [0.5, 0.6) is 0 Å². The molecule has 1 N–H and O–H groups in total. The summed E-state index contributed by atoms with van der Waals surface area (Å²) < 4.78 is 13.4. The molecule has 0 heterocycles. The van der Waals surface area contributed by atoms with Crippen molar-refractivity contribution in [3.63, 3.8) is 0 Å². The van der Waals surface area contributed by atoms with Crippen LogP contribution in [0.3, 0.4) is 0 Å². The highest BCUT2D eigenvalue weighted by atomic mass is 35.5. The van der Waals surface area contributed by atoms with Crippen molar-refractivity contribution in [3.05, 3.63) is 106 Å². The Hall–Kier alpha value is -3.18. The summed E-state index contributed by atoms with van der Waals surface area (Å²) in [4.78, 5) is 29.1. The van der Waals surface area contributed by atoms with Gasteiger partial charge in [-0.25, -0.2) is 4.39 Å². The Morgan fingerprint density at radius 1 is 0.889 bits per heavy atom. The molecule has 1 aliphatic carbocycles. The predicted octanol–water partition coefficient (Wildman–Crippen LogP) is 6.11. The van der Waals surface area contributed by atoms with Gasteiger partial charge in [-0.2, -0.15) is 0 Å². The van der Waals surface area contributed by atoms with E-state index < -0.39 is 6.04 Å². The van der Waals surface area contributed by atoms with Gasteiger partial charge in [0.2, 0.25) is 11.8 Å². The summed E-state index contributed by atoms with van der Waals surface area (Å²) in [6, 6.07) is 22.5. The first-order chi connectivity index (χ1) is 17.5. The maximum Gasteiger partial charge on any atom is 0.243 e. The average molecular weight is 507 g/mol. The van der Waals surface area contributed by atoms with Crippen molar-refractivity contribution in [3.8, 4) is 0 Å². The lowest BCUT2D eigenvalue weighted by Crippen LogP contribution is -2.53. The van der Waals surface area contributed by atoms with Crippen LogP contribution in [0, 0.1) is 5.82 Å². The standard InChI is InChI=1S/C30H32ClFN2O2/c31-25-11-7-10-24(18-25)21-34(29(35)20-23-14-16-26(32)17-15-23)28(19-22-8-3-1-4-9-22)30(36)33-27-12-5-2-6-13-27/h1,3-4,7-11,14-18,27-28H,2,5-6,12-13,19-21H2,(H,33,36)/t28-/m1/s1. The molecule has 0 aromatic heterocycles. The minimum atomic E-state index is -0.693. The number of hydrogen-bond acceptors (Lipinski definition) is 2. The van der Waals surface area contributed by atoms with Crippen LogP contribution in [-0.4, -0.2) is 28.8 Å². The molecule has 1 saturated carbocycles. The van der Waals surface area contributed by atoms with E-state index in [2.05, 4.69) is 5.32 Å². The van der Waals surface area contributed by atoms with Gasteiger partial charge in [-0.1, -0.05) is 85.5 Å². The predicted molar refractivity (Wildman–Crippen MR) is 141 cm³/mol. The molecule has 3 aromatic rings. The molecule has 2 amide bonds. The van der Waals surface area contributed by atoms with Gasteiger partial charge < -0.3 is 10.2 Å². The molecule has 4 nitrogen and oxygen atoms in total. The number of carbonyl (C=O) groups is 2. The van der Waals surface area contributed by atoms with E-state index in [1.165, 1.54) is 18.6 Å². The fraction of sp³-hybridized carbons (Fsp3) is 0.333. The zero-order chi connectivity index (χ0) is 25.3. The molecule has 0 saturated heterocycles. The third kappa shape index (κ3) is 7.41. The van der Waals surface area contributed by atoms with Crippen molar-refractivity contribution in [2.45, 2.75) is 63.6 Å². The molecule has 1 aliphatic rings. The molecule has 1 atom stereocenters. The van der Waals surface area contributed by atoms with Crippen molar-refractivity contribution < 1.29 is 14.0 Å². The van der Waals surface area contributed by atoms with Crippen molar-refractivity contribution in [1.29, 1.82) is 0 Å². The van der Waals surface area contributed by atoms with E-state index in [1.807, 2.05) is 48.5 Å². The lowest BCUT2D eigenvalue weighted by Gasteiger charge is -2.33. The SMILES string of the molecule is O=C(NC1CCCCC1)[C@@H](Cc1ccccc1)N(Cc1cccc(Cl)c1)C(=O)Cc1ccc(F)cc1. The molecule has 3 aromatic carbocycles. The molecule has 0 aliphatic heterocycles. The Morgan fingerprint density at radius 2 is 1.58 bits per heavy atom. The molecule has 4 rings (SSSR count). The van der Waals surface area contributed by atoms with Gasteiger partial charge in [0.15, 0.2) is 0 Å². The molecule has 0 bridgehead atoms. The molecular formula is C30H32ClFN2O2. The monoisotopic (exact) mass is 506 g/mol. The minimum absolute atomic E-state index is 0.0723. The van der Waals surface area contributed by atoms with E-state index in [0.29, 0.717) is 17.0 Å². The maximum absolute atomic E-state index is 13.7. The highest BCUT2D eigenvalue weighted by Crippen LogP contribution is 2.21. The largest absolute Gasteiger partial charge is 0.352 e. The Bertz CT molecular complexity index is 1150. The summed E-state index contributed by atoms with van der Waals surface area (Å²) in [6.07, 6.45) is 5.78. The number of hydrogen-bond donors (Lipinski definition) is 1. The topological polar surface area (TPSA) is 49.4 Å². The number of nitrogens with zero attached hydrogens (tertiary/aromatic N) is 1. The second-order valence-electron chi connectivity index (χ2n) is 9.50. The summed E-state index contributed by atoms with van der Waals surface area (Å²) in [5.74, 6) is -0.683. The summed E-state index contributed by atoms with van der Waals surface area (Å²) in [6.45, 7) is 0.246. The number of nitrogens with one attached hydrogen (secondary N) is 1. The summed E-state index contributed by atoms with van der Waals surface area (Å²) in [5, 5.41) is 3.81. The fourth-order valence-corrected chi connectivity index (χ4v) is 5.02. The van der Waals surface area contributed by atoms with Crippen LogP contribution in [0.15, 0.2) is 78.9 Å². The number of halogens is 2. The lowest BCUT2D eigenvalue weighted by molar-refractivity contribution is -0.141. The van der Waals surface area contributed by atoms with E-state index in [-0.39, 0.29) is 36.6 Å². The normalized spacial score (nSPS) is 14.7.